The van der Waals surface area contributed by atoms with Gasteiger partial charge in [0.1, 0.15) is 6.04 Å². The van der Waals surface area contributed by atoms with Crippen LogP contribution in [0, 0.1) is 0 Å². The number of carboxylic acids is 1. The molecule has 0 saturated carbocycles. The number of amides is 3. The molecule has 3 saturated heterocycles. The Labute approximate surface area is 266 Å². The summed E-state index contributed by atoms with van der Waals surface area (Å²) in [6.45, 7) is 4.42. The average Bonchev–Trinajstić information content (AvgIpc) is 3.54. The fourth-order valence-electron chi connectivity index (χ4n) is 7.67. The average molecular weight is 609 g/mol. The number of carbonyl (C=O) groups excluding carboxylic acids is 2. The van der Waals surface area contributed by atoms with Gasteiger partial charge < -0.3 is 25.1 Å². The van der Waals surface area contributed by atoms with Gasteiger partial charge in [0, 0.05) is 43.7 Å². The van der Waals surface area contributed by atoms with Crippen LogP contribution in [0.4, 0.5) is 4.79 Å². The smallest absolute Gasteiger partial charge is 0.326 e. The van der Waals surface area contributed by atoms with Gasteiger partial charge in [-0.3, -0.25) is 4.79 Å². The Morgan fingerprint density at radius 3 is 2.02 bits per heavy atom. The fraction of sp³-hybridized carbons (Fsp3) is 0.432. The van der Waals surface area contributed by atoms with Crippen LogP contribution in [0.15, 0.2) is 91.0 Å². The second-order valence-electron chi connectivity index (χ2n) is 13.0. The molecule has 8 heteroatoms. The van der Waals surface area contributed by atoms with Gasteiger partial charge in [-0.1, -0.05) is 78.9 Å². The van der Waals surface area contributed by atoms with E-state index < -0.39 is 17.6 Å². The van der Waals surface area contributed by atoms with Crippen LogP contribution in [0.1, 0.15) is 66.4 Å². The largest absolute Gasteiger partial charge is 0.480 e. The highest BCUT2D eigenvalue weighted by Crippen LogP contribution is 2.40. The molecule has 0 aliphatic carbocycles. The van der Waals surface area contributed by atoms with E-state index in [0.29, 0.717) is 19.5 Å². The Hall–Kier alpha value is -4.17. The molecule has 3 aliphatic rings. The molecule has 2 N–H and O–H groups in total. The standard InChI is InChI=1S/C37H44N4O4/c42-33(29-12-4-1-5-13-29)40-27-20-36(28-40,30-14-6-2-7-15-30)19-24-39-25-21-37(22-26-39,31-16-8-3-9-17-31)38-35(45)41-23-11-10-18-32(41)34(43)44/h1-9,12-17,32H,10-11,18-28H2,(H,38,45)(H,43,44). The van der Waals surface area contributed by atoms with Crippen LogP contribution >= 0.6 is 0 Å². The van der Waals surface area contributed by atoms with Crippen molar-refractivity contribution in [3.8, 4) is 0 Å². The molecule has 8 nitrogen and oxygen atoms in total. The summed E-state index contributed by atoms with van der Waals surface area (Å²) in [7, 11) is 0. The highest BCUT2D eigenvalue weighted by molar-refractivity contribution is 5.94. The van der Waals surface area contributed by atoms with E-state index in [4.69, 9.17) is 0 Å². The predicted octanol–water partition coefficient (Wildman–Crippen LogP) is 5.50. The second kappa shape index (κ2) is 13.4. The lowest BCUT2D eigenvalue weighted by Gasteiger charge is -2.45. The summed E-state index contributed by atoms with van der Waals surface area (Å²) in [5.74, 6) is -0.842. The molecule has 45 heavy (non-hydrogen) atoms. The number of nitrogens with one attached hydrogen (secondary N) is 1. The van der Waals surface area contributed by atoms with Gasteiger partial charge in [-0.15, -0.1) is 0 Å². The second-order valence-corrected chi connectivity index (χ2v) is 13.0. The number of hydrogen-bond donors (Lipinski definition) is 2. The van der Waals surface area contributed by atoms with Gasteiger partial charge in [0.2, 0.25) is 0 Å². The van der Waals surface area contributed by atoms with Crippen molar-refractivity contribution < 1.29 is 19.5 Å². The minimum Gasteiger partial charge on any atom is -0.480 e. The summed E-state index contributed by atoms with van der Waals surface area (Å²) < 4.78 is 0. The van der Waals surface area contributed by atoms with Crippen LogP contribution in [-0.4, -0.2) is 83.0 Å². The molecule has 3 amide bonds. The molecular weight excluding hydrogens is 564 g/mol. The van der Waals surface area contributed by atoms with Gasteiger partial charge in [-0.25, -0.2) is 9.59 Å². The third kappa shape index (κ3) is 6.61. The highest BCUT2D eigenvalue weighted by atomic mass is 16.4. The molecule has 0 aromatic heterocycles. The maximum atomic E-state index is 13.6. The lowest BCUT2D eigenvalue weighted by atomic mass is 9.76. The highest BCUT2D eigenvalue weighted by Gasteiger charge is 2.44. The zero-order valence-electron chi connectivity index (χ0n) is 25.9. The van der Waals surface area contributed by atoms with Crippen molar-refractivity contribution in [3.63, 3.8) is 0 Å². The van der Waals surface area contributed by atoms with Gasteiger partial charge >= 0.3 is 12.0 Å². The first kappa shape index (κ1) is 30.8. The number of carboxylic acid groups (broad SMARTS) is 1. The van der Waals surface area contributed by atoms with E-state index in [9.17, 15) is 19.5 Å². The molecule has 6 rings (SSSR count). The van der Waals surface area contributed by atoms with Gasteiger partial charge in [-0.05, 0) is 74.8 Å². The Balaban J connectivity index is 1.15. The molecule has 0 radical (unpaired) electrons. The molecule has 0 spiro atoms. The number of aliphatic carboxylic acids is 1. The van der Waals surface area contributed by atoms with Crippen LogP contribution in [0.25, 0.3) is 0 Å². The molecule has 0 bridgehead atoms. The van der Waals surface area contributed by atoms with E-state index in [1.165, 1.54) is 10.5 Å². The Bertz CT molecular complexity index is 1460. The van der Waals surface area contributed by atoms with Crippen molar-refractivity contribution in [2.24, 2.45) is 0 Å². The van der Waals surface area contributed by atoms with Gasteiger partial charge in [0.15, 0.2) is 0 Å². The SMILES string of the molecule is O=C(O)C1CCCCN1C(=O)NC1(c2ccccc2)CCN(CCC2(c3ccccc3)CCN(C(=O)c3ccccc3)C2)CC1. The fourth-order valence-corrected chi connectivity index (χ4v) is 7.67. The van der Waals surface area contributed by atoms with E-state index in [0.717, 1.165) is 75.8 Å². The van der Waals surface area contributed by atoms with Crippen molar-refractivity contribution in [2.75, 3.05) is 39.3 Å². The quantitative estimate of drug-likeness (QED) is 0.352. The zero-order chi connectivity index (χ0) is 31.3. The van der Waals surface area contributed by atoms with Crippen molar-refractivity contribution in [1.82, 2.24) is 20.0 Å². The summed E-state index contributed by atoms with van der Waals surface area (Å²) in [6, 6.07) is 29.3. The summed E-state index contributed by atoms with van der Waals surface area (Å²) in [5, 5.41) is 13.1. The molecule has 236 valence electrons. The minimum atomic E-state index is -0.934. The van der Waals surface area contributed by atoms with Crippen LogP contribution in [0.2, 0.25) is 0 Å². The maximum Gasteiger partial charge on any atom is 0.326 e. The van der Waals surface area contributed by atoms with Crippen molar-refractivity contribution in [1.29, 1.82) is 0 Å². The molecule has 2 unspecified atom stereocenters. The van der Waals surface area contributed by atoms with Gasteiger partial charge in [0.05, 0.1) is 5.54 Å². The van der Waals surface area contributed by atoms with Crippen molar-refractivity contribution in [2.45, 2.75) is 61.9 Å². The van der Waals surface area contributed by atoms with E-state index >= 15 is 0 Å². The Morgan fingerprint density at radius 2 is 1.38 bits per heavy atom. The molecule has 3 aromatic rings. The van der Waals surface area contributed by atoms with Gasteiger partial charge in [-0.2, -0.15) is 0 Å². The minimum absolute atomic E-state index is 0.0913. The molecule has 3 fully saturated rings. The normalized spacial score (nSPS) is 23.4. The summed E-state index contributed by atoms with van der Waals surface area (Å²) >= 11 is 0. The number of rotatable bonds is 8. The molecule has 2 atom stereocenters. The third-order valence-corrected chi connectivity index (χ3v) is 10.4. The number of benzene rings is 3. The number of nitrogens with zero attached hydrogens (tertiary/aromatic N) is 3. The zero-order valence-corrected chi connectivity index (χ0v) is 25.9. The first-order chi connectivity index (χ1) is 21.9. The van der Waals surface area contributed by atoms with E-state index in [2.05, 4.69) is 46.6 Å². The number of likely N-dealkylation sites (tertiary alicyclic amines) is 3. The molecule has 3 aromatic carbocycles. The van der Waals surface area contributed by atoms with Crippen molar-refractivity contribution >= 4 is 17.9 Å². The van der Waals surface area contributed by atoms with E-state index in [1.807, 2.05) is 59.5 Å². The molecule has 3 heterocycles. The molecule has 3 aliphatic heterocycles. The number of carbonyl (C=O) groups is 3. The van der Waals surface area contributed by atoms with Crippen molar-refractivity contribution in [3.05, 3.63) is 108 Å². The van der Waals surface area contributed by atoms with Crippen LogP contribution in [0.3, 0.4) is 0 Å². The lowest BCUT2D eigenvalue weighted by Crippen LogP contribution is -2.59. The van der Waals surface area contributed by atoms with Gasteiger partial charge in [0.25, 0.3) is 5.91 Å². The monoisotopic (exact) mass is 608 g/mol. The summed E-state index contributed by atoms with van der Waals surface area (Å²) in [6.07, 6.45) is 5.48. The van der Waals surface area contributed by atoms with Crippen LogP contribution < -0.4 is 5.32 Å². The summed E-state index contributed by atoms with van der Waals surface area (Å²) in [5.41, 5.74) is 2.40. The predicted molar refractivity (Wildman–Crippen MR) is 174 cm³/mol. The topological polar surface area (TPSA) is 93.2 Å². The number of hydrogen-bond acceptors (Lipinski definition) is 4. The first-order valence-corrected chi connectivity index (χ1v) is 16.4. The summed E-state index contributed by atoms with van der Waals surface area (Å²) in [4.78, 5) is 45.0. The Morgan fingerprint density at radius 1 is 0.756 bits per heavy atom. The molecular formula is C37H44N4O4. The Kier molecular flexibility index (Phi) is 9.21. The first-order valence-electron chi connectivity index (χ1n) is 16.4. The number of piperidine rings is 2. The van der Waals surface area contributed by atoms with Crippen LogP contribution in [0.5, 0.6) is 0 Å². The van der Waals surface area contributed by atoms with E-state index in [-0.39, 0.29) is 17.4 Å². The lowest BCUT2D eigenvalue weighted by molar-refractivity contribution is -0.143. The number of urea groups is 1. The maximum absolute atomic E-state index is 13.6. The van der Waals surface area contributed by atoms with E-state index in [1.54, 1.807) is 0 Å². The third-order valence-electron chi connectivity index (χ3n) is 10.4. The van der Waals surface area contributed by atoms with Crippen LogP contribution in [-0.2, 0) is 15.7 Å².